The minimum atomic E-state index is -0.231. The van der Waals surface area contributed by atoms with E-state index in [1.807, 2.05) is 6.20 Å². The van der Waals surface area contributed by atoms with Gasteiger partial charge in [-0.15, -0.1) is 0 Å². The highest BCUT2D eigenvalue weighted by molar-refractivity contribution is 6.28. The zero-order valence-corrected chi connectivity index (χ0v) is 35.2. The van der Waals surface area contributed by atoms with Crippen molar-refractivity contribution in [2.75, 3.05) is 0 Å². The average Bonchev–Trinajstić information content (AvgIpc) is 4.03. The topological polar surface area (TPSA) is 61.4 Å². The van der Waals surface area contributed by atoms with E-state index < -0.39 is 0 Å². The highest BCUT2D eigenvalue weighted by atomic mass is 16.3. The van der Waals surface area contributed by atoms with Crippen molar-refractivity contribution in [1.82, 2.24) is 19.2 Å². The van der Waals surface area contributed by atoms with Gasteiger partial charge in [0.15, 0.2) is 0 Å². The summed E-state index contributed by atoms with van der Waals surface area (Å²) in [6.07, 6.45) is 2.04. The zero-order chi connectivity index (χ0) is 40.8. The molecule has 292 valence electrons. The predicted molar refractivity (Wildman–Crippen MR) is 245 cm³/mol. The van der Waals surface area contributed by atoms with Crippen LogP contribution >= 0.6 is 0 Å². The lowest BCUT2D eigenvalue weighted by atomic mass is 9.59. The molecule has 13 rings (SSSR count). The van der Waals surface area contributed by atoms with E-state index in [4.69, 9.17) is 18.9 Å². The van der Waals surface area contributed by atoms with E-state index in [0.717, 1.165) is 77.2 Å². The number of pyridine rings is 1. The fourth-order valence-electron chi connectivity index (χ4n) is 11.2. The Morgan fingerprint density at radius 1 is 0.483 bits per heavy atom. The van der Waals surface area contributed by atoms with Crippen LogP contribution in [0.15, 0.2) is 130 Å². The summed E-state index contributed by atoms with van der Waals surface area (Å²) in [5, 5.41) is 12.8. The molecule has 0 fully saturated rings. The molecule has 60 heavy (non-hydrogen) atoms. The number of nitrogens with zero attached hydrogens (tertiary/aromatic N) is 4. The third kappa shape index (κ3) is 3.87. The number of imidazole rings is 1. The van der Waals surface area contributed by atoms with Crippen LogP contribution in [0.2, 0.25) is 0 Å². The first kappa shape index (κ1) is 34.2. The number of furan rings is 2. The van der Waals surface area contributed by atoms with Gasteiger partial charge in [-0.1, -0.05) is 134 Å². The Bertz CT molecular complexity index is 3700. The molecule has 11 aromatic rings. The SMILES string of the molecule is CC1(C)c2cc3oc4ccc5oc6cc7c(cc6c5c4c3cc2-n2ncc(-c3ccccc3)c2C1(C)C)c1nc(-c2ccccc2)c2n1c1c(cccc71)C(C)(C)C2(C)C. The van der Waals surface area contributed by atoms with Gasteiger partial charge in [0.05, 0.1) is 34.5 Å². The Balaban J connectivity index is 1.14. The number of hydrogen-bond acceptors (Lipinski definition) is 4. The quantitative estimate of drug-likeness (QED) is 0.164. The van der Waals surface area contributed by atoms with Crippen LogP contribution < -0.4 is 0 Å². The first-order valence-electron chi connectivity index (χ1n) is 21.2. The number of benzene rings is 6. The van der Waals surface area contributed by atoms with E-state index in [-0.39, 0.29) is 21.7 Å². The van der Waals surface area contributed by atoms with Crippen LogP contribution in [0, 0.1) is 0 Å². The smallest absolute Gasteiger partial charge is 0.146 e. The number of aromatic nitrogens is 4. The second-order valence-electron chi connectivity index (χ2n) is 19.5. The first-order chi connectivity index (χ1) is 28.8. The molecule has 6 aromatic carbocycles. The molecule has 0 radical (unpaired) electrons. The molecule has 5 aromatic heterocycles. The highest BCUT2D eigenvalue weighted by Gasteiger charge is 2.50. The number of rotatable bonds is 2. The van der Waals surface area contributed by atoms with Crippen molar-refractivity contribution in [1.29, 1.82) is 0 Å². The molecular weight excluding hydrogens is 737 g/mol. The standard InChI is InChI=1S/C54H44N4O2/c1-51(2)37-21-15-20-31-32-26-42-34(24-33(32)50-56-46(30-18-13-10-14-19-30)49(54(51,7)8)57(50)47(31)37)44-40(59-42)22-23-41-45(44)35-25-39-38(27-43(35)60-41)52(3,4)53(5,6)48-36(28-55-58(39)48)29-16-11-9-12-17-29/h9-28H,1-8H3. The van der Waals surface area contributed by atoms with Gasteiger partial charge in [0.2, 0.25) is 0 Å². The maximum Gasteiger partial charge on any atom is 0.146 e. The second-order valence-corrected chi connectivity index (χ2v) is 19.5. The average molecular weight is 781 g/mol. The summed E-state index contributed by atoms with van der Waals surface area (Å²) in [6, 6.07) is 41.5. The molecular formula is C54H44N4O2. The fraction of sp³-hybridized carbons (Fsp3) is 0.222. The third-order valence-electron chi connectivity index (χ3n) is 15.8. The van der Waals surface area contributed by atoms with Gasteiger partial charge in [-0.3, -0.25) is 4.40 Å². The van der Waals surface area contributed by atoms with Crippen molar-refractivity contribution in [2.45, 2.75) is 77.0 Å². The summed E-state index contributed by atoms with van der Waals surface area (Å²) in [7, 11) is 0. The summed E-state index contributed by atoms with van der Waals surface area (Å²) in [4.78, 5) is 5.62. The van der Waals surface area contributed by atoms with Gasteiger partial charge in [0, 0.05) is 65.1 Å². The molecule has 0 N–H and O–H groups in total. The number of para-hydroxylation sites is 1. The van der Waals surface area contributed by atoms with Gasteiger partial charge in [-0.2, -0.15) is 5.10 Å². The third-order valence-corrected chi connectivity index (χ3v) is 15.8. The Kier molecular flexibility index (Phi) is 6.13. The van der Waals surface area contributed by atoms with Crippen LogP contribution in [0.1, 0.15) is 77.9 Å². The molecule has 0 saturated heterocycles. The second kappa shape index (κ2) is 10.7. The lowest BCUT2D eigenvalue weighted by Gasteiger charge is -2.47. The van der Waals surface area contributed by atoms with E-state index in [1.165, 1.54) is 44.5 Å². The van der Waals surface area contributed by atoms with Crippen LogP contribution in [0.25, 0.3) is 99.3 Å². The minimum Gasteiger partial charge on any atom is -0.456 e. The van der Waals surface area contributed by atoms with E-state index in [2.05, 4.69) is 180 Å². The fourth-order valence-corrected chi connectivity index (χ4v) is 11.2. The highest BCUT2D eigenvalue weighted by Crippen LogP contribution is 2.56. The van der Waals surface area contributed by atoms with Gasteiger partial charge in [-0.05, 0) is 58.5 Å². The Morgan fingerprint density at radius 3 is 1.80 bits per heavy atom. The maximum absolute atomic E-state index is 6.86. The van der Waals surface area contributed by atoms with Crippen LogP contribution in [0.3, 0.4) is 0 Å². The molecule has 0 aliphatic carbocycles. The van der Waals surface area contributed by atoms with Crippen molar-refractivity contribution >= 4 is 71.2 Å². The zero-order valence-electron chi connectivity index (χ0n) is 35.2. The molecule has 0 amide bonds. The largest absolute Gasteiger partial charge is 0.456 e. The molecule has 0 unspecified atom stereocenters. The maximum atomic E-state index is 6.86. The summed E-state index contributed by atoms with van der Waals surface area (Å²) in [5.74, 6) is 0. The summed E-state index contributed by atoms with van der Waals surface area (Å²) >= 11 is 0. The van der Waals surface area contributed by atoms with Gasteiger partial charge in [0.1, 0.15) is 28.0 Å². The lowest BCUT2D eigenvalue weighted by molar-refractivity contribution is 0.276. The molecule has 0 spiro atoms. The molecule has 7 heterocycles. The van der Waals surface area contributed by atoms with Crippen LogP contribution in [0.5, 0.6) is 0 Å². The van der Waals surface area contributed by atoms with E-state index in [9.17, 15) is 0 Å². The monoisotopic (exact) mass is 780 g/mol. The predicted octanol–water partition coefficient (Wildman–Crippen LogP) is 14.1. The first-order valence-corrected chi connectivity index (χ1v) is 21.2. The number of fused-ring (bicyclic) bond motifs is 13. The van der Waals surface area contributed by atoms with Crippen molar-refractivity contribution < 1.29 is 8.83 Å². The van der Waals surface area contributed by atoms with Gasteiger partial charge in [-0.25, -0.2) is 9.67 Å². The van der Waals surface area contributed by atoms with Crippen LogP contribution in [-0.2, 0) is 21.7 Å². The Morgan fingerprint density at radius 2 is 1.10 bits per heavy atom. The molecule has 2 aliphatic rings. The number of hydrogen-bond donors (Lipinski definition) is 0. The summed E-state index contributed by atoms with van der Waals surface area (Å²) < 4.78 is 18.4. The minimum absolute atomic E-state index is 0.158. The lowest BCUT2D eigenvalue weighted by Crippen LogP contribution is -2.46. The van der Waals surface area contributed by atoms with Crippen molar-refractivity contribution in [3.63, 3.8) is 0 Å². The van der Waals surface area contributed by atoms with Crippen molar-refractivity contribution in [2.24, 2.45) is 0 Å². The van der Waals surface area contributed by atoms with Crippen molar-refractivity contribution in [3.05, 3.63) is 144 Å². The molecule has 0 atom stereocenters. The Labute approximate surface area is 347 Å². The van der Waals surface area contributed by atoms with Crippen molar-refractivity contribution in [3.8, 4) is 28.1 Å². The van der Waals surface area contributed by atoms with Crippen LogP contribution in [0.4, 0.5) is 0 Å². The summed E-state index contributed by atoms with van der Waals surface area (Å²) in [5.41, 5.74) is 15.4. The van der Waals surface area contributed by atoms with Gasteiger partial charge >= 0.3 is 0 Å². The molecule has 2 aliphatic heterocycles. The Hall–Kier alpha value is -6.66. The molecule has 0 bridgehead atoms. The van der Waals surface area contributed by atoms with E-state index in [0.29, 0.717) is 0 Å². The van der Waals surface area contributed by atoms with Crippen LogP contribution in [-0.4, -0.2) is 19.2 Å². The van der Waals surface area contributed by atoms with E-state index >= 15 is 0 Å². The molecule has 0 saturated carbocycles. The van der Waals surface area contributed by atoms with Gasteiger partial charge in [0.25, 0.3) is 0 Å². The normalized spacial score (nSPS) is 17.2. The van der Waals surface area contributed by atoms with E-state index in [1.54, 1.807) is 0 Å². The molecule has 6 nitrogen and oxygen atoms in total. The van der Waals surface area contributed by atoms with Gasteiger partial charge < -0.3 is 8.83 Å². The molecule has 6 heteroatoms. The summed E-state index contributed by atoms with van der Waals surface area (Å²) in [6.45, 7) is 19.0.